The molecular weight excluding hydrogens is 1110 g/mol. The normalized spacial score (nSPS) is 10.4. The molecule has 0 saturated carbocycles. The second-order valence-corrected chi connectivity index (χ2v) is 25.8. The summed E-state index contributed by atoms with van der Waals surface area (Å²) in [5, 5.41) is 0. The molecule has 0 radical (unpaired) electrons. The van der Waals surface area contributed by atoms with E-state index >= 15 is 0 Å². The summed E-state index contributed by atoms with van der Waals surface area (Å²) in [6, 6.07) is 8.56. The number of rotatable bonds is 36. The van der Waals surface area contributed by atoms with Crippen molar-refractivity contribution in [3.63, 3.8) is 0 Å². The van der Waals surface area contributed by atoms with Gasteiger partial charge in [0.05, 0.1) is 13.2 Å². The SMILES string of the molecule is CC#CC#CC#CC#CC#CC#COP(=O)(OC#CC#CC#CC#CC#CC#CC)Oc1cc(C)c(C(CCC)c2cc(C(C)(C)C)c(OP(OCCCCCCCCCCCCC)OCCCCCCCCCCCCC)cc2C)cc1C(C)(C)C. The summed E-state index contributed by atoms with van der Waals surface area (Å²) in [5.41, 5.74) is 5.39. The summed E-state index contributed by atoms with van der Waals surface area (Å²) in [6.07, 6.45) is 34.5. The number of benzene rings is 2. The maximum atomic E-state index is 14.6. The zero-order chi connectivity index (χ0) is 63.7. The molecule has 0 bridgehead atoms. The van der Waals surface area contributed by atoms with Crippen LogP contribution in [0.5, 0.6) is 11.5 Å². The Labute approximate surface area is 531 Å². The molecular formula is C78H96O7P2. The Hall–Kier alpha value is -7.06. The molecule has 0 fully saturated rings. The Bertz CT molecular complexity index is 3160. The molecule has 0 heterocycles. The van der Waals surface area contributed by atoms with E-state index in [1.54, 1.807) is 13.8 Å². The molecule has 0 aliphatic rings. The smallest absolute Gasteiger partial charge is 0.426 e. The van der Waals surface area contributed by atoms with Gasteiger partial charge < -0.3 is 27.1 Å². The lowest BCUT2D eigenvalue weighted by Gasteiger charge is -2.30. The quantitative estimate of drug-likeness (QED) is 0.0382. The number of hydrogen-bond acceptors (Lipinski definition) is 7. The molecule has 0 saturated heterocycles. The van der Waals surface area contributed by atoms with Crippen LogP contribution in [0.2, 0.25) is 0 Å². The molecule has 2 aromatic rings. The molecule has 87 heavy (non-hydrogen) atoms. The van der Waals surface area contributed by atoms with Crippen LogP contribution in [0.15, 0.2) is 24.3 Å². The zero-order valence-corrected chi connectivity index (χ0v) is 56.8. The van der Waals surface area contributed by atoms with Gasteiger partial charge in [0.25, 0.3) is 0 Å². The van der Waals surface area contributed by atoms with Crippen molar-refractivity contribution in [3.05, 3.63) is 57.6 Å². The van der Waals surface area contributed by atoms with Crippen LogP contribution in [0, 0.1) is 156 Å². The highest BCUT2D eigenvalue weighted by atomic mass is 31.2. The summed E-state index contributed by atoms with van der Waals surface area (Å²) in [5.74, 6) is 57.5. The van der Waals surface area contributed by atoms with Gasteiger partial charge in [-0.25, -0.2) is 0 Å². The molecule has 7 nitrogen and oxygen atoms in total. The molecule has 0 amide bonds. The Morgan fingerprint density at radius 1 is 0.414 bits per heavy atom. The highest BCUT2D eigenvalue weighted by molar-refractivity contribution is 7.49. The lowest BCUT2D eigenvalue weighted by atomic mass is 9.76. The van der Waals surface area contributed by atoms with Gasteiger partial charge in [0.2, 0.25) is 0 Å². The van der Waals surface area contributed by atoms with Gasteiger partial charge in [-0.15, -0.1) is 0 Å². The molecule has 0 N–H and O–H groups in total. The maximum absolute atomic E-state index is 14.6. The lowest BCUT2D eigenvalue weighted by Crippen LogP contribution is -2.17. The maximum Gasteiger partial charge on any atom is 0.664 e. The summed E-state index contributed by atoms with van der Waals surface area (Å²) < 4.78 is 51.9. The first-order valence-corrected chi connectivity index (χ1v) is 34.1. The molecule has 0 aromatic heterocycles. The van der Waals surface area contributed by atoms with Crippen LogP contribution in [-0.4, -0.2) is 13.2 Å². The molecule has 1 atom stereocenters. The fourth-order valence-electron chi connectivity index (χ4n) is 9.23. The van der Waals surface area contributed by atoms with Gasteiger partial charge in [0, 0.05) is 76.2 Å². The van der Waals surface area contributed by atoms with Gasteiger partial charge in [-0.3, -0.25) is 0 Å². The van der Waals surface area contributed by atoms with Crippen LogP contribution in [-0.2, 0) is 33.5 Å². The third kappa shape index (κ3) is 35.4. The average molecular weight is 1210 g/mol. The van der Waals surface area contributed by atoms with Crippen molar-refractivity contribution in [1.82, 2.24) is 0 Å². The monoisotopic (exact) mass is 1210 g/mol. The molecule has 2 aromatic carbocycles. The van der Waals surface area contributed by atoms with E-state index in [0.29, 0.717) is 13.2 Å². The van der Waals surface area contributed by atoms with E-state index in [9.17, 15) is 4.57 Å². The van der Waals surface area contributed by atoms with E-state index in [1.165, 1.54) is 121 Å². The molecule has 0 aliphatic carbocycles. The molecule has 0 spiro atoms. The summed E-state index contributed by atoms with van der Waals surface area (Å²) in [4.78, 5) is 0. The van der Waals surface area contributed by atoms with Crippen LogP contribution >= 0.6 is 16.4 Å². The second kappa shape index (κ2) is 47.1. The highest BCUT2D eigenvalue weighted by Gasteiger charge is 2.36. The number of phosphoric ester groups is 1. The van der Waals surface area contributed by atoms with E-state index < -0.39 is 21.8 Å². The van der Waals surface area contributed by atoms with Crippen LogP contribution in [0.1, 0.15) is 270 Å². The largest absolute Gasteiger partial charge is 0.664 e. The predicted molar refractivity (Wildman–Crippen MR) is 364 cm³/mol. The third-order valence-electron chi connectivity index (χ3n) is 13.7. The van der Waals surface area contributed by atoms with Crippen LogP contribution in [0.25, 0.3) is 0 Å². The Morgan fingerprint density at radius 2 is 0.724 bits per heavy atom. The number of hydrogen-bond donors (Lipinski definition) is 0. The van der Waals surface area contributed by atoms with Crippen LogP contribution in [0.3, 0.4) is 0 Å². The Morgan fingerprint density at radius 3 is 1.06 bits per heavy atom. The van der Waals surface area contributed by atoms with E-state index in [1.807, 2.05) is 13.0 Å². The van der Waals surface area contributed by atoms with Crippen molar-refractivity contribution in [1.29, 1.82) is 0 Å². The van der Waals surface area contributed by atoms with E-state index in [0.717, 1.165) is 72.1 Å². The zero-order valence-electron chi connectivity index (χ0n) is 55.0. The number of unbranched alkanes of at least 4 members (excludes halogenated alkanes) is 20. The first-order valence-electron chi connectivity index (χ1n) is 31.6. The fourth-order valence-corrected chi connectivity index (χ4v) is 11.1. The van der Waals surface area contributed by atoms with E-state index in [4.69, 9.17) is 27.1 Å². The van der Waals surface area contributed by atoms with Gasteiger partial charge in [0.1, 0.15) is 23.7 Å². The van der Waals surface area contributed by atoms with Gasteiger partial charge in [-0.1, -0.05) is 221 Å². The lowest BCUT2D eigenvalue weighted by molar-refractivity contribution is 0.197. The van der Waals surface area contributed by atoms with Crippen molar-refractivity contribution < 1.29 is 31.7 Å². The molecule has 460 valence electrons. The van der Waals surface area contributed by atoms with Crippen LogP contribution in [0.4, 0.5) is 0 Å². The van der Waals surface area contributed by atoms with Crippen molar-refractivity contribution in [2.45, 2.75) is 261 Å². The first kappa shape index (κ1) is 76.0. The third-order valence-corrected chi connectivity index (χ3v) is 15.9. The van der Waals surface area contributed by atoms with Crippen molar-refractivity contribution in [2.75, 3.05) is 13.2 Å². The Balaban J connectivity index is 2.58. The van der Waals surface area contributed by atoms with Gasteiger partial charge >= 0.3 is 16.4 Å². The molecule has 2 rings (SSSR count). The van der Waals surface area contributed by atoms with Gasteiger partial charge in [-0.05, 0) is 151 Å². The minimum atomic E-state index is -4.60. The van der Waals surface area contributed by atoms with Crippen molar-refractivity contribution in [3.8, 4) is 154 Å². The topological polar surface area (TPSA) is 72.5 Å². The van der Waals surface area contributed by atoms with E-state index in [-0.39, 0.29) is 17.1 Å². The van der Waals surface area contributed by atoms with Crippen molar-refractivity contribution in [2.24, 2.45) is 0 Å². The average Bonchev–Trinajstić information content (AvgIpc) is 0.974. The first-order chi connectivity index (χ1) is 42.0. The number of phosphoric acid groups is 1. The van der Waals surface area contributed by atoms with Gasteiger partial charge in [0.15, 0.2) is 0 Å². The second-order valence-electron chi connectivity index (χ2n) is 23.2. The molecule has 0 aliphatic heterocycles. The number of aryl methyl sites for hydroxylation is 2. The van der Waals surface area contributed by atoms with E-state index in [2.05, 4.69) is 230 Å². The summed E-state index contributed by atoms with van der Waals surface area (Å²) >= 11 is 0. The van der Waals surface area contributed by atoms with Gasteiger partial charge in [-0.2, -0.15) is 4.57 Å². The minimum absolute atomic E-state index is 0.0145. The van der Waals surface area contributed by atoms with Crippen molar-refractivity contribution >= 4 is 16.4 Å². The summed E-state index contributed by atoms with van der Waals surface area (Å²) in [7, 11) is -6.25. The Kier molecular flexibility index (Phi) is 41.1. The molecule has 9 heteroatoms. The standard InChI is InChI=1S/C78H96O7P2/c1-14-19-23-27-31-35-39-43-47-51-55-60-80-86(81-61-56-52-48-44-40-36-32-28-24-20-15-2)84-75-64-68(6)71(66-73(75)77(8,9)10)70(59-18-5)72-67-74(78(11,12)13)76(65-69(72)7)85-87(79,82-62-57-53-49-45-41-37-33-29-25-21-16-3)83-63-58-54-50-46-42-38-34-30-26-22-17-4/h64-67,70H,14-15,18-20,23-24,27-28,31-32,35-36,39-40,43-44,47-48,51-52,55-56,59-61H2,1-13H3. The highest BCUT2D eigenvalue weighted by Crippen LogP contribution is 2.53. The predicted octanol–water partition coefficient (Wildman–Crippen LogP) is 19.6. The summed E-state index contributed by atoms with van der Waals surface area (Å²) in [6.45, 7) is 28.5. The fraction of sp³-hybridized carbons (Fsp3) is 0.538. The van der Waals surface area contributed by atoms with Crippen LogP contribution < -0.4 is 9.05 Å². The minimum Gasteiger partial charge on any atom is -0.426 e. The molecule has 1 unspecified atom stereocenters.